The Kier molecular flexibility index (Phi) is 9.24. The Balaban J connectivity index is 0.000000209. The fraction of sp³-hybridized carbons (Fsp3) is 0.345. The summed E-state index contributed by atoms with van der Waals surface area (Å²) in [6, 6.07) is 18.4. The molecule has 8 nitrogen and oxygen atoms in total. The maximum atomic E-state index is 10.4. The van der Waals surface area contributed by atoms with Gasteiger partial charge in [0.2, 0.25) is 6.41 Å². The number of aromatic amines is 1. The minimum atomic E-state index is 0.701. The first kappa shape index (κ1) is 26.3. The van der Waals surface area contributed by atoms with Crippen LogP contribution in [-0.4, -0.2) is 84.9 Å². The monoisotopic (exact) mass is 501 g/mol. The number of benzene rings is 2. The highest BCUT2D eigenvalue weighted by molar-refractivity contribution is 5.94. The van der Waals surface area contributed by atoms with Gasteiger partial charge < -0.3 is 14.4 Å². The van der Waals surface area contributed by atoms with Gasteiger partial charge in [-0.3, -0.25) is 14.8 Å². The van der Waals surface area contributed by atoms with Gasteiger partial charge in [-0.1, -0.05) is 42.0 Å². The molecule has 0 spiro atoms. The van der Waals surface area contributed by atoms with Gasteiger partial charge in [-0.15, -0.1) is 0 Å². The van der Waals surface area contributed by atoms with Crippen LogP contribution in [-0.2, 0) is 9.53 Å². The van der Waals surface area contributed by atoms with Crippen molar-refractivity contribution in [3.8, 4) is 28.1 Å². The van der Waals surface area contributed by atoms with E-state index in [0.29, 0.717) is 5.65 Å². The van der Waals surface area contributed by atoms with E-state index in [1.165, 1.54) is 5.56 Å². The molecule has 0 saturated carbocycles. The van der Waals surface area contributed by atoms with E-state index >= 15 is 0 Å². The number of para-hydroxylation sites is 1. The number of nitrogens with zero attached hydrogens (tertiary/aromatic N) is 4. The molecule has 0 unspecified atom stereocenters. The molecule has 1 aliphatic rings. The van der Waals surface area contributed by atoms with Crippen molar-refractivity contribution in [2.24, 2.45) is 0 Å². The van der Waals surface area contributed by atoms with Crippen LogP contribution >= 0.6 is 0 Å². The Hall–Kier alpha value is -3.75. The summed E-state index contributed by atoms with van der Waals surface area (Å²) in [6.07, 6.45) is 3.88. The number of hydrogen-bond donors (Lipinski definition) is 1. The molecule has 194 valence electrons. The standard InChI is InChI=1S/C20H17N3O.C9H18N2O2/c1-13-6-5-7-14(10-13)15-11-17-19(22-23-20(17)21-12-15)16-8-3-4-9-18(16)24-2;1-13-8-2-3-10-4-6-11(9-12)7-5-10/h3-12H,1-2H3,(H,21,22,23);9H,2-8H2,1H3. The quantitative estimate of drug-likeness (QED) is 0.285. The fourth-order valence-corrected chi connectivity index (χ4v) is 4.46. The molecule has 2 aromatic heterocycles. The Morgan fingerprint density at radius 3 is 2.54 bits per heavy atom. The summed E-state index contributed by atoms with van der Waals surface area (Å²) >= 11 is 0. The van der Waals surface area contributed by atoms with Crippen molar-refractivity contribution in [2.75, 3.05) is 53.6 Å². The zero-order chi connectivity index (χ0) is 26.0. The molecule has 0 bridgehead atoms. The van der Waals surface area contributed by atoms with E-state index < -0.39 is 0 Å². The average molecular weight is 502 g/mol. The van der Waals surface area contributed by atoms with Gasteiger partial charge in [-0.2, -0.15) is 5.10 Å². The lowest BCUT2D eigenvalue weighted by molar-refractivity contribution is -0.119. The summed E-state index contributed by atoms with van der Waals surface area (Å²) in [5.41, 5.74) is 6.05. The highest BCUT2D eigenvalue weighted by Gasteiger charge is 2.15. The number of fused-ring (bicyclic) bond motifs is 1. The lowest BCUT2D eigenvalue weighted by atomic mass is 10.0. The Bertz CT molecular complexity index is 1300. The number of H-pyrrole nitrogens is 1. The van der Waals surface area contributed by atoms with Crippen molar-refractivity contribution in [3.63, 3.8) is 0 Å². The number of carbonyl (C=O) groups excluding carboxylic acids is 1. The number of pyridine rings is 1. The van der Waals surface area contributed by atoms with E-state index in [1.807, 2.05) is 35.4 Å². The van der Waals surface area contributed by atoms with E-state index in [-0.39, 0.29) is 0 Å². The summed E-state index contributed by atoms with van der Waals surface area (Å²) in [4.78, 5) is 19.1. The van der Waals surface area contributed by atoms with E-state index in [0.717, 1.165) is 85.7 Å². The first-order valence-corrected chi connectivity index (χ1v) is 12.6. The SMILES string of the molecule is COCCCN1CCN(C=O)CC1.COc1ccccc1-c1[nH]nc2ncc(-c3cccc(C)c3)cc12. The molecule has 5 rings (SSSR count). The first-order chi connectivity index (χ1) is 18.1. The van der Waals surface area contributed by atoms with Gasteiger partial charge in [0.1, 0.15) is 5.75 Å². The Morgan fingerprint density at radius 2 is 1.81 bits per heavy atom. The molecule has 3 heterocycles. The number of carbonyl (C=O) groups is 1. The molecule has 0 atom stereocenters. The number of amides is 1. The minimum Gasteiger partial charge on any atom is -0.496 e. The van der Waals surface area contributed by atoms with Gasteiger partial charge in [0, 0.05) is 69.2 Å². The van der Waals surface area contributed by atoms with Gasteiger partial charge in [-0.05, 0) is 37.1 Å². The van der Waals surface area contributed by atoms with Gasteiger partial charge in [0.05, 0.1) is 12.8 Å². The molecule has 1 amide bonds. The summed E-state index contributed by atoms with van der Waals surface area (Å²) in [5.74, 6) is 0.809. The number of methoxy groups -OCH3 is 2. The Morgan fingerprint density at radius 1 is 1.00 bits per heavy atom. The van der Waals surface area contributed by atoms with Crippen LogP contribution in [0.3, 0.4) is 0 Å². The van der Waals surface area contributed by atoms with E-state index in [4.69, 9.17) is 9.47 Å². The van der Waals surface area contributed by atoms with Crippen LogP contribution in [0.2, 0.25) is 0 Å². The lowest BCUT2D eigenvalue weighted by Crippen LogP contribution is -2.45. The molecular formula is C29H35N5O3. The lowest BCUT2D eigenvalue weighted by Gasteiger charge is -2.32. The predicted molar refractivity (Wildman–Crippen MR) is 147 cm³/mol. The maximum absolute atomic E-state index is 10.4. The molecule has 8 heteroatoms. The van der Waals surface area contributed by atoms with Gasteiger partial charge in [0.15, 0.2) is 5.65 Å². The number of aryl methyl sites for hydroxylation is 1. The molecule has 37 heavy (non-hydrogen) atoms. The number of rotatable bonds is 8. The zero-order valence-electron chi connectivity index (χ0n) is 21.8. The normalized spacial score (nSPS) is 13.8. The summed E-state index contributed by atoms with van der Waals surface area (Å²) in [5, 5.41) is 8.42. The summed E-state index contributed by atoms with van der Waals surface area (Å²) in [7, 11) is 3.40. The highest BCUT2D eigenvalue weighted by Crippen LogP contribution is 2.34. The van der Waals surface area contributed by atoms with Crippen LogP contribution in [0.25, 0.3) is 33.4 Å². The van der Waals surface area contributed by atoms with Crippen LogP contribution in [0, 0.1) is 6.92 Å². The predicted octanol–water partition coefficient (Wildman–Crippen LogP) is 4.41. The number of piperazine rings is 1. The molecule has 1 aliphatic heterocycles. The maximum Gasteiger partial charge on any atom is 0.209 e. The zero-order valence-corrected chi connectivity index (χ0v) is 21.8. The fourth-order valence-electron chi connectivity index (χ4n) is 4.46. The second-order valence-electron chi connectivity index (χ2n) is 9.09. The number of nitrogens with one attached hydrogen (secondary N) is 1. The van der Waals surface area contributed by atoms with Crippen molar-refractivity contribution in [3.05, 3.63) is 66.4 Å². The van der Waals surface area contributed by atoms with Crippen LogP contribution in [0.15, 0.2) is 60.8 Å². The summed E-state index contributed by atoms with van der Waals surface area (Å²) < 4.78 is 10.5. The van der Waals surface area contributed by atoms with E-state index in [1.54, 1.807) is 14.2 Å². The Labute approximate surface area is 218 Å². The first-order valence-electron chi connectivity index (χ1n) is 12.6. The van der Waals surface area contributed by atoms with Crippen LogP contribution < -0.4 is 4.74 Å². The average Bonchev–Trinajstić information content (AvgIpc) is 3.37. The molecule has 0 radical (unpaired) electrons. The number of aromatic nitrogens is 3. The van der Waals surface area contributed by atoms with Gasteiger partial charge >= 0.3 is 0 Å². The van der Waals surface area contributed by atoms with Crippen molar-refractivity contribution >= 4 is 17.4 Å². The molecular weight excluding hydrogens is 466 g/mol. The molecule has 1 fully saturated rings. The van der Waals surface area contributed by atoms with Crippen molar-refractivity contribution in [1.82, 2.24) is 25.0 Å². The highest BCUT2D eigenvalue weighted by atomic mass is 16.5. The third kappa shape index (κ3) is 6.72. The van der Waals surface area contributed by atoms with E-state index in [9.17, 15) is 4.79 Å². The summed E-state index contributed by atoms with van der Waals surface area (Å²) in [6.45, 7) is 7.75. The van der Waals surface area contributed by atoms with Crippen molar-refractivity contribution < 1.29 is 14.3 Å². The van der Waals surface area contributed by atoms with Crippen LogP contribution in [0.4, 0.5) is 0 Å². The van der Waals surface area contributed by atoms with Crippen molar-refractivity contribution in [1.29, 1.82) is 0 Å². The molecule has 0 aliphatic carbocycles. The number of ether oxygens (including phenoxy) is 2. The smallest absolute Gasteiger partial charge is 0.209 e. The molecule has 1 N–H and O–H groups in total. The third-order valence-corrected chi connectivity index (χ3v) is 6.52. The van der Waals surface area contributed by atoms with Crippen molar-refractivity contribution in [2.45, 2.75) is 13.3 Å². The molecule has 4 aromatic rings. The largest absolute Gasteiger partial charge is 0.496 e. The van der Waals surface area contributed by atoms with Gasteiger partial charge in [0.25, 0.3) is 0 Å². The second kappa shape index (κ2) is 13.0. The second-order valence-corrected chi connectivity index (χ2v) is 9.09. The molecule has 2 aromatic carbocycles. The third-order valence-electron chi connectivity index (χ3n) is 6.52. The van der Waals surface area contributed by atoms with E-state index in [2.05, 4.69) is 57.3 Å². The van der Waals surface area contributed by atoms with Crippen LogP contribution in [0.1, 0.15) is 12.0 Å². The van der Waals surface area contributed by atoms with Crippen LogP contribution in [0.5, 0.6) is 5.75 Å². The minimum absolute atomic E-state index is 0.701. The number of hydrogen-bond acceptors (Lipinski definition) is 6. The topological polar surface area (TPSA) is 83.6 Å². The van der Waals surface area contributed by atoms with Gasteiger partial charge in [-0.25, -0.2) is 4.98 Å². The molecule has 1 saturated heterocycles.